The average molecular weight is 336 g/mol. The number of aliphatic imine (C=N–C) groups is 1. The lowest BCUT2D eigenvalue weighted by molar-refractivity contribution is 0.100. The third-order valence-electron chi connectivity index (χ3n) is 2.63. The van der Waals surface area contributed by atoms with Crippen LogP contribution in [0.15, 0.2) is 22.0 Å². The minimum atomic E-state index is -3.54. The number of sulfone groups is 1. The molecule has 0 aliphatic carbocycles. The number of nitrogens with zero attached hydrogens (tertiary/aromatic N) is 1. The highest BCUT2D eigenvalue weighted by atomic mass is 35.5. The number of benzene rings is 1. The Morgan fingerprint density at radius 1 is 1.33 bits per heavy atom. The van der Waals surface area contributed by atoms with Gasteiger partial charge in [-0.2, -0.15) is 4.99 Å². The lowest BCUT2D eigenvalue weighted by Gasteiger charge is -2.12. The fourth-order valence-corrected chi connectivity index (χ4v) is 2.56. The van der Waals surface area contributed by atoms with E-state index in [0.29, 0.717) is 12.0 Å². The number of guanidine groups is 1. The second-order valence-electron chi connectivity index (χ2n) is 4.13. The van der Waals surface area contributed by atoms with Crippen molar-refractivity contribution in [2.24, 2.45) is 16.5 Å². The first-order valence-corrected chi connectivity index (χ1v) is 7.64. The second kappa shape index (κ2) is 7.28. The Labute approximate surface area is 129 Å². The maximum atomic E-state index is 11.9. The van der Waals surface area contributed by atoms with E-state index in [9.17, 15) is 13.2 Å². The fraction of sp³-hybridized carbons (Fsp3) is 0.333. The van der Waals surface area contributed by atoms with Gasteiger partial charge in [-0.05, 0) is 24.1 Å². The molecular weight excluding hydrogens is 318 g/mol. The number of amides is 1. The maximum absolute atomic E-state index is 11.9. The van der Waals surface area contributed by atoms with Gasteiger partial charge in [0.05, 0.1) is 7.11 Å². The predicted molar refractivity (Wildman–Crippen MR) is 82.9 cm³/mol. The molecule has 0 aliphatic heterocycles. The van der Waals surface area contributed by atoms with Crippen molar-refractivity contribution in [3.63, 3.8) is 0 Å². The Balaban J connectivity index is 0.00000400. The molecule has 1 aromatic carbocycles. The number of halogens is 1. The summed E-state index contributed by atoms with van der Waals surface area (Å²) >= 11 is 0. The van der Waals surface area contributed by atoms with Crippen LogP contribution >= 0.6 is 12.4 Å². The summed E-state index contributed by atoms with van der Waals surface area (Å²) in [5.74, 6) is -0.881. The van der Waals surface area contributed by atoms with E-state index in [1.54, 1.807) is 0 Å². The zero-order valence-electron chi connectivity index (χ0n) is 11.9. The lowest BCUT2D eigenvalue weighted by atomic mass is 10.0. The number of rotatable bonds is 4. The fourth-order valence-electron chi connectivity index (χ4n) is 1.72. The Hall–Kier alpha value is -1.80. The van der Waals surface area contributed by atoms with Gasteiger partial charge in [-0.3, -0.25) is 4.79 Å². The van der Waals surface area contributed by atoms with Crippen LogP contribution in [0.2, 0.25) is 0 Å². The molecule has 118 valence electrons. The quantitative estimate of drug-likeness (QED) is 0.609. The van der Waals surface area contributed by atoms with Crippen molar-refractivity contribution < 1.29 is 17.9 Å². The second-order valence-corrected chi connectivity index (χ2v) is 6.11. The molecule has 1 aromatic rings. The van der Waals surface area contributed by atoms with E-state index in [1.165, 1.54) is 19.2 Å². The van der Waals surface area contributed by atoms with Crippen molar-refractivity contribution in [1.82, 2.24) is 0 Å². The summed E-state index contributed by atoms with van der Waals surface area (Å²) in [6, 6.07) is 2.74. The summed E-state index contributed by atoms with van der Waals surface area (Å²) in [5, 5.41) is 0. The van der Waals surface area contributed by atoms with Crippen LogP contribution in [0.25, 0.3) is 0 Å². The molecule has 0 radical (unpaired) electrons. The van der Waals surface area contributed by atoms with E-state index in [4.69, 9.17) is 16.2 Å². The summed E-state index contributed by atoms with van der Waals surface area (Å²) in [6.07, 6.45) is 1.53. The first-order chi connectivity index (χ1) is 9.20. The molecule has 0 aromatic heterocycles. The van der Waals surface area contributed by atoms with Crippen molar-refractivity contribution >= 4 is 34.1 Å². The largest absolute Gasteiger partial charge is 0.495 e. The van der Waals surface area contributed by atoms with Gasteiger partial charge in [0.2, 0.25) is 0 Å². The maximum Gasteiger partial charge on any atom is 0.280 e. The molecule has 0 fully saturated rings. The van der Waals surface area contributed by atoms with Gasteiger partial charge in [0.1, 0.15) is 10.6 Å². The van der Waals surface area contributed by atoms with Crippen molar-refractivity contribution in [2.75, 3.05) is 13.4 Å². The molecule has 0 saturated heterocycles. The predicted octanol–water partition coefficient (Wildman–Crippen LogP) is 0.496. The average Bonchev–Trinajstić information content (AvgIpc) is 2.34. The van der Waals surface area contributed by atoms with Crippen LogP contribution < -0.4 is 16.2 Å². The molecule has 9 heteroatoms. The van der Waals surface area contributed by atoms with Crippen LogP contribution in [0.3, 0.4) is 0 Å². The van der Waals surface area contributed by atoms with Gasteiger partial charge in [0.25, 0.3) is 5.91 Å². The number of hydrogen-bond donors (Lipinski definition) is 2. The first kappa shape index (κ1) is 19.2. The van der Waals surface area contributed by atoms with Gasteiger partial charge in [-0.25, -0.2) is 8.42 Å². The summed E-state index contributed by atoms with van der Waals surface area (Å²) < 4.78 is 28.5. The minimum Gasteiger partial charge on any atom is -0.495 e. The van der Waals surface area contributed by atoms with E-state index in [0.717, 1.165) is 6.26 Å². The smallest absolute Gasteiger partial charge is 0.280 e. The van der Waals surface area contributed by atoms with Crippen molar-refractivity contribution in [1.29, 1.82) is 0 Å². The number of hydrogen-bond acceptors (Lipinski definition) is 4. The zero-order valence-corrected chi connectivity index (χ0v) is 13.5. The number of carbonyl (C=O) groups excluding carboxylic acids is 1. The standard InChI is InChI=1S/C12H17N3O4S.ClH/c1-4-7-5-9(19-2)10(20(3,17)18)6-8(7)11(16)15-12(13)14;/h5-6H,4H2,1-3H3,(H4,13,14,15,16);1H. The molecule has 7 nitrogen and oxygen atoms in total. The van der Waals surface area contributed by atoms with Crippen LogP contribution in [0.1, 0.15) is 22.8 Å². The Bertz CT molecular complexity index is 667. The highest BCUT2D eigenvalue weighted by Crippen LogP contribution is 2.28. The van der Waals surface area contributed by atoms with Crippen LogP contribution in [0.4, 0.5) is 0 Å². The Kier molecular flexibility index (Phi) is 6.65. The van der Waals surface area contributed by atoms with Crippen LogP contribution in [-0.2, 0) is 16.3 Å². The van der Waals surface area contributed by atoms with E-state index in [1.807, 2.05) is 6.92 Å². The van der Waals surface area contributed by atoms with Gasteiger partial charge < -0.3 is 16.2 Å². The molecule has 0 unspecified atom stereocenters. The number of aryl methyl sites for hydroxylation is 1. The summed E-state index contributed by atoms with van der Waals surface area (Å²) in [5.41, 5.74) is 11.1. The lowest BCUT2D eigenvalue weighted by Crippen LogP contribution is -2.24. The van der Waals surface area contributed by atoms with E-state index in [2.05, 4.69) is 4.99 Å². The molecule has 1 amide bonds. The van der Waals surface area contributed by atoms with Crippen molar-refractivity contribution in [2.45, 2.75) is 18.2 Å². The van der Waals surface area contributed by atoms with Gasteiger partial charge in [0.15, 0.2) is 15.8 Å². The Morgan fingerprint density at radius 3 is 2.29 bits per heavy atom. The highest BCUT2D eigenvalue weighted by molar-refractivity contribution is 7.90. The van der Waals surface area contributed by atoms with Crippen LogP contribution in [0.5, 0.6) is 5.75 Å². The molecule has 0 spiro atoms. The number of ether oxygens (including phenoxy) is 1. The Morgan fingerprint density at radius 2 is 1.90 bits per heavy atom. The molecule has 0 atom stereocenters. The molecule has 0 aliphatic rings. The van der Waals surface area contributed by atoms with E-state index >= 15 is 0 Å². The molecule has 1 rings (SSSR count). The monoisotopic (exact) mass is 335 g/mol. The topological polar surface area (TPSA) is 125 Å². The number of methoxy groups -OCH3 is 1. The molecule has 0 heterocycles. The molecule has 4 N–H and O–H groups in total. The zero-order chi connectivity index (χ0) is 15.5. The van der Waals surface area contributed by atoms with E-state index < -0.39 is 15.7 Å². The third-order valence-corrected chi connectivity index (χ3v) is 3.75. The number of nitrogens with two attached hydrogens (primary N) is 2. The molecule has 0 bridgehead atoms. The molecule has 21 heavy (non-hydrogen) atoms. The first-order valence-electron chi connectivity index (χ1n) is 5.75. The van der Waals surface area contributed by atoms with Crippen LogP contribution in [0, 0.1) is 0 Å². The summed E-state index contributed by atoms with van der Waals surface area (Å²) in [6.45, 7) is 1.82. The SMILES string of the molecule is CCc1cc(OC)c(S(C)(=O)=O)cc1C(=O)N=C(N)N.Cl. The minimum absolute atomic E-state index is 0. The summed E-state index contributed by atoms with van der Waals surface area (Å²) in [7, 11) is -2.18. The van der Waals surface area contributed by atoms with E-state index in [-0.39, 0.29) is 34.6 Å². The number of carbonyl (C=O) groups is 1. The third kappa shape index (κ3) is 4.61. The molecule has 0 saturated carbocycles. The van der Waals surface area contributed by atoms with Crippen molar-refractivity contribution in [3.05, 3.63) is 23.3 Å². The van der Waals surface area contributed by atoms with Gasteiger partial charge in [-0.1, -0.05) is 6.92 Å². The van der Waals surface area contributed by atoms with Gasteiger partial charge in [0, 0.05) is 11.8 Å². The molecular formula is C12H18ClN3O4S. The van der Waals surface area contributed by atoms with Gasteiger partial charge in [-0.15, -0.1) is 12.4 Å². The highest BCUT2D eigenvalue weighted by Gasteiger charge is 2.20. The summed E-state index contributed by atoms with van der Waals surface area (Å²) in [4.78, 5) is 15.3. The van der Waals surface area contributed by atoms with Gasteiger partial charge >= 0.3 is 0 Å². The van der Waals surface area contributed by atoms with Crippen LogP contribution in [-0.4, -0.2) is 33.7 Å². The van der Waals surface area contributed by atoms with Crippen molar-refractivity contribution in [3.8, 4) is 5.75 Å². The normalized spacial score (nSPS) is 10.4.